The molecule has 0 spiro atoms. The summed E-state index contributed by atoms with van der Waals surface area (Å²) in [5, 5.41) is 6.41. The molecule has 0 radical (unpaired) electrons. The number of benzene rings is 2. The molecule has 0 aliphatic carbocycles. The molecule has 1 saturated heterocycles. The number of ether oxygens (including phenoxy) is 2. The van der Waals surface area contributed by atoms with Gasteiger partial charge in [-0.05, 0) is 42.8 Å². The van der Waals surface area contributed by atoms with E-state index in [-0.39, 0.29) is 18.4 Å². The molecule has 1 fully saturated rings. The molecule has 5 rings (SSSR count). The lowest BCUT2D eigenvalue weighted by Crippen LogP contribution is -2.42. The first-order valence-electron chi connectivity index (χ1n) is 10.5. The molecule has 0 saturated carbocycles. The van der Waals surface area contributed by atoms with Gasteiger partial charge in [0.25, 0.3) is 0 Å². The Labute approximate surface area is 194 Å². The molecule has 8 nitrogen and oxygen atoms in total. The second-order valence-electron chi connectivity index (χ2n) is 7.65. The summed E-state index contributed by atoms with van der Waals surface area (Å²) >= 11 is 6.42. The zero-order chi connectivity index (χ0) is 22.9. The van der Waals surface area contributed by atoms with Gasteiger partial charge in [0.05, 0.1) is 42.7 Å². The van der Waals surface area contributed by atoms with Crippen molar-refractivity contribution in [3.05, 3.63) is 64.4 Å². The number of aromatic nitrogens is 2. The van der Waals surface area contributed by atoms with Crippen LogP contribution in [0.15, 0.2) is 42.5 Å². The normalized spacial score (nSPS) is 16.0. The fraction of sp³-hybridized carbons (Fsp3) is 0.261. The molecular weight excluding hydrogens is 449 g/mol. The van der Waals surface area contributed by atoms with Crippen molar-refractivity contribution >= 4 is 35.1 Å². The molecule has 2 aliphatic rings. The standard InChI is InChI=1S/C23H21ClFN5O3/c1-13-10-14(25)6-7-15(13)20-16-11-27-23(31)30(18-5-3-2-4-17(18)24)21(16)29-22(28-20)26-12-19-32-8-9-33-19/h2-7,10,19H,8-9,11-12H2,1H3,(H,27,31)(H,26,28,29). The highest BCUT2D eigenvalue weighted by atomic mass is 35.5. The monoisotopic (exact) mass is 469 g/mol. The van der Waals surface area contributed by atoms with Crippen LogP contribution in [0.25, 0.3) is 11.3 Å². The van der Waals surface area contributed by atoms with Crippen LogP contribution in [0.1, 0.15) is 11.1 Å². The predicted molar refractivity (Wildman–Crippen MR) is 122 cm³/mol. The van der Waals surface area contributed by atoms with Gasteiger partial charge in [0.15, 0.2) is 12.1 Å². The number of urea groups is 1. The van der Waals surface area contributed by atoms with Crippen LogP contribution < -0.4 is 15.5 Å². The molecule has 2 aliphatic heterocycles. The molecule has 170 valence electrons. The van der Waals surface area contributed by atoms with Gasteiger partial charge in [0, 0.05) is 11.1 Å². The molecule has 3 heterocycles. The second kappa shape index (κ2) is 8.93. The molecular formula is C23H21ClFN5O3. The zero-order valence-corrected chi connectivity index (χ0v) is 18.5. The summed E-state index contributed by atoms with van der Waals surface area (Å²) in [5.41, 5.74) is 3.23. The maximum absolute atomic E-state index is 13.8. The summed E-state index contributed by atoms with van der Waals surface area (Å²) in [6, 6.07) is 11.2. The van der Waals surface area contributed by atoms with Crippen LogP contribution in [0.3, 0.4) is 0 Å². The quantitative estimate of drug-likeness (QED) is 0.576. The lowest BCUT2D eigenvalue weighted by Gasteiger charge is -2.31. The van der Waals surface area contributed by atoms with Crippen LogP contribution in [0.4, 0.5) is 26.6 Å². The molecule has 2 N–H and O–H groups in total. The lowest BCUT2D eigenvalue weighted by molar-refractivity contribution is -0.0300. The van der Waals surface area contributed by atoms with E-state index in [2.05, 4.69) is 15.6 Å². The third kappa shape index (κ3) is 4.22. The Bertz CT molecular complexity index is 1220. The Kier molecular flexibility index (Phi) is 5.84. The van der Waals surface area contributed by atoms with E-state index in [1.165, 1.54) is 17.0 Å². The van der Waals surface area contributed by atoms with Gasteiger partial charge in [0.1, 0.15) is 5.82 Å². The number of fused-ring (bicyclic) bond motifs is 1. The van der Waals surface area contributed by atoms with E-state index in [4.69, 9.17) is 26.1 Å². The van der Waals surface area contributed by atoms with Gasteiger partial charge in [-0.25, -0.2) is 19.1 Å². The summed E-state index contributed by atoms with van der Waals surface area (Å²) in [6.07, 6.45) is -0.413. The van der Waals surface area contributed by atoms with Crippen LogP contribution in [-0.2, 0) is 16.0 Å². The number of aryl methyl sites for hydroxylation is 1. The Morgan fingerprint density at radius 3 is 2.76 bits per heavy atom. The Hall–Kier alpha value is -3.27. The SMILES string of the molecule is Cc1cc(F)ccc1-c1nc(NCC2OCCO2)nc2c1CNC(=O)N2c1ccccc1Cl. The Morgan fingerprint density at radius 2 is 2.00 bits per heavy atom. The molecule has 0 unspecified atom stereocenters. The van der Waals surface area contributed by atoms with Crippen molar-refractivity contribution in [2.45, 2.75) is 19.8 Å². The van der Waals surface area contributed by atoms with Gasteiger partial charge in [-0.1, -0.05) is 23.7 Å². The maximum atomic E-state index is 13.8. The van der Waals surface area contributed by atoms with Crippen LogP contribution >= 0.6 is 11.6 Å². The number of rotatable bonds is 5. The van der Waals surface area contributed by atoms with E-state index >= 15 is 0 Å². The van der Waals surface area contributed by atoms with Gasteiger partial charge >= 0.3 is 6.03 Å². The first-order chi connectivity index (χ1) is 16.0. The number of hydrogen-bond donors (Lipinski definition) is 2. The number of amides is 2. The van der Waals surface area contributed by atoms with Gasteiger partial charge in [-0.15, -0.1) is 0 Å². The molecule has 33 heavy (non-hydrogen) atoms. The minimum Gasteiger partial charge on any atom is -0.349 e. The fourth-order valence-electron chi connectivity index (χ4n) is 3.91. The smallest absolute Gasteiger partial charge is 0.328 e. The van der Waals surface area contributed by atoms with Crippen molar-refractivity contribution in [2.24, 2.45) is 0 Å². The first kappa shape index (κ1) is 21.6. The van der Waals surface area contributed by atoms with E-state index < -0.39 is 6.29 Å². The number of anilines is 3. The van der Waals surface area contributed by atoms with Gasteiger partial charge in [-0.2, -0.15) is 4.98 Å². The number of hydrogen-bond acceptors (Lipinski definition) is 6. The van der Waals surface area contributed by atoms with E-state index in [0.717, 1.165) is 5.56 Å². The minimum atomic E-state index is -0.413. The molecule has 0 atom stereocenters. The molecule has 2 amide bonds. The summed E-state index contributed by atoms with van der Waals surface area (Å²) in [7, 11) is 0. The van der Waals surface area contributed by atoms with E-state index in [9.17, 15) is 9.18 Å². The highest BCUT2D eigenvalue weighted by Gasteiger charge is 2.32. The van der Waals surface area contributed by atoms with Crippen molar-refractivity contribution in [1.82, 2.24) is 15.3 Å². The zero-order valence-electron chi connectivity index (χ0n) is 17.8. The number of carbonyl (C=O) groups is 1. The summed E-state index contributed by atoms with van der Waals surface area (Å²) in [4.78, 5) is 23.7. The van der Waals surface area contributed by atoms with Gasteiger partial charge in [-0.3, -0.25) is 0 Å². The van der Waals surface area contributed by atoms with Crippen molar-refractivity contribution in [1.29, 1.82) is 0 Å². The molecule has 0 bridgehead atoms. The molecule has 1 aromatic heterocycles. The fourth-order valence-corrected chi connectivity index (χ4v) is 4.13. The second-order valence-corrected chi connectivity index (χ2v) is 8.06. The number of nitrogens with one attached hydrogen (secondary N) is 2. The van der Waals surface area contributed by atoms with Crippen molar-refractivity contribution < 1.29 is 18.7 Å². The first-order valence-corrected chi connectivity index (χ1v) is 10.9. The van der Waals surface area contributed by atoms with Crippen molar-refractivity contribution in [2.75, 3.05) is 30.0 Å². The number of halogens is 2. The van der Waals surface area contributed by atoms with E-state index in [0.29, 0.717) is 59.1 Å². The van der Waals surface area contributed by atoms with Gasteiger partial charge < -0.3 is 20.1 Å². The number of nitrogens with zero attached hydrogens (tertiary/aromatic N) is 3. The largest absolute Gasteiger partial charge is 0.349 e. The minimum absolute atomic E-state index is 0.219. The highest BCUT2D eigenvalue weighted by molar-refractivity contribution is 6.34. The predicted octanol–water partition coefficient (Wildman–Crippen LogP) is 4.39. The third-order valence-electron chi connectivity index (χ3n) is 5.47. The number of carbonyl (C=O) groups excluding carboxylic acids is 1. The van der Waals surface area contributed by atoms with Gasteiger partial charge in [0.2, 0.25) is 5.95 Å². The van der Waals surface area contributed by atoms with E-state index in [1.54, 1.807) is 30.3 Å². The maximum Gasteiger partial charge on any atom is 0.328 e. The van der Waals surface area contributed by atoms with Crippen molar-refractivity contribution in [3.63, 3.8) is 0 Å². The highest BCUT2D eigenvalue weighted by Crippen LogP contribution is 2.39. The number of para-hydroxylation sites is 1. The molecule has 3 aromatic rings. The molecule has 2 aromatic carbocycles. The average molecular weight is 470 g/mol. The lowest BCUT2D eigenvalue weighted by atomic mass is 10.00. The van der Waals surface area contributed by atoms with Crippen molar-refractivity contribution in [3.8, 4) is 11.3 Å². The Morgan fingerprint density at radius 1 is 1.21 bits per heavy atom. The summed E-state index contributed by atoms with van der Waals surface area (Å²) in [5.74, 6) is 0.355. The Balaban J connectivity index is 1.65. The summed E-state index contributed by atoms with van der Waals surface area (Å²) < 4.78 is 24.8. The molecule has 10 heteroatoms. The average Bonchev–Trinajstić information content (AvgIpc) is 3.32. The topological polar surface area (TPSA) is 88.6 Å². The summed E-state index contributed by atoms with van der Waals surface area (Å²) in [6.45, 7) is 3.42. The van der Waals surface area contributed by atoms with E-state index in [1.807, 2.05) is 6.92 Å². The van der Waals surface area contributed by atoms with Crippen LogP contribution in [0.2, 0.25) is 5.02 Å². The van der Waals surface area contributed by atoms with Crippen LogP contribution in [-0.4, -0.2) is 42.0 Å². The third-order valence-corrected chi connectivity index (χ3v) is 5.79. The van der Waals surface area contributed by atoms with Crippen LogP contribution in [0.5, 0.6) is 0 Å². The van der Waals surface area contributed by atoms with Crippen LogP contribution in [0, 0.1) is 12.7 Å².